The van der Waals surface area contributed by atoms with E-state index in [1.165, 1.54) is 31.7 Å². The molecular weight excluding hydrogens is 237 g/mol. The molecule has 17 heavy (non-hydrogen) atoms. The molecule has 2 rings (SSSR count). The van der Waals surface area contributed by atoms with Gasteiger partial charge in [-0.25, -0.2) is 4.39 Å². The van der Waals surface area contributed by atoms with E-state index in [1.54, 1.807) is 12.1 Å². The summed E-state index contributed by atoms with van der Waals surface area (Å²) < 4.78 is 13.0. The molecule has 1 fully saturated rings. The van der Waals surface area contributed by atoms with Crippen LogP contribution in [0.5, 0.6) is 0 Å². The summed E-state index contributed by atoms with van der Waals surface area (Å²) in [4.78, 5) is 0. The van der Waals surface area contributed by atoms with E-state index < -0.39 is 0 Å². The van der Waals surface area contributed by atoms with Gasteiger partial charge >= 0.3 is 0 Å². The standard InChI is InChI=1S/C14H19ClFN/c1-10(12-4-2-3-5-12)17-9-11-6-7-14(16)13(15)8-11/h6-8,10,12,17H,2-5,9H2,1H3/t10-/m1/s1. The smallest absolute Gasteiger partial charge is 0.141 e. The maximum atomic E-state index is 13.0. The third kappa shape index (κ3) is 3.43. The molecule has 1 aromatic rings. The molecule has 0 bridgehead atoms. The van der Waals surface area contributed by atoms with Crippen LogP contribution in [0.2, 0.25) is 5.02 Å². The zero-order chi connectivity index (χ0) is 12.3. The third-order valence-electron chi connectivity index (χ3n) is 3.72. The van der Waals surface area contributed by atoms with Gasteiger partial charge in [0.2, 0.25) is 0 Å². The monoisotopic (exact) mass is 255 g/mol. The second kappa shape index (κ2) is 5.83. The Bertz CT molecular complexity index is 374. The average molecular weight is 256 g/mol. The number of nitrogens with one attached hydrogen (secondary N) is 1. The van der Waals surface area contributed by atoms with Gasteiger partial charge in [-0.3, -0.25) is 0 Å². The van der Waals surface area contributed by atoms with E-state index in [0.29, 0.717) is 6.04 Å². The van der Waals surface area contributed by atoms with Crippen molar-refractivity contribution < 1.29 is 4.39 Å². The van der Waals surface area contributed by atoms with Crippen molar-refractivity contribution in [2.45, 2.75) is 45.2 Å². The Hall–Kier alpha value is -0.600. The molecule has 3 heteroatoms. The lowest BCUT2D eigenvalue weighted by molar-refractivity contribution is 0.380. The second-order valence-electron chi connectivity index (χ2n) is 4.96. The van der Waals surface area contributed by atoms with E-state index in [-0.39, 0.29) is 10.8 Å². The van der Waals surface area contributed by atoms with E-state index in [1.807, 2.05) is 0 Å². The summed E-state index contributed by atoms with van der Waals surface area (Å²) in [5.74, 6) is 0.449. The first-order chi connectivity index (χ1) is 8.16. The fourth-order valence-corrected chi connectivity index (χ4v) is 2.76. The molecule has 0 unspecified atom stereocenters. The highest BCUT2D eigenvalue weighted by molar-refractivity contribution is 6.30. The Kier molecular flexibility index (Phi) is 4.41. The molecule has 1 saturated carbocycles. The van der Waals surface area contributed by atoms with Gasteiger partial charge in [-0.2, -0.15) is 0 Å². The van der Waals surface area contributed by atoms with Crippen molar-refractivity contribution in [2.75, 3.05) is 0 Å². The zero-order valence-corrected chi connectivity index (χ0v) is 10.9. The van der Waals surface area contributed by atoms with Crippen LogP contribution in [0.4, 0.5) is 4.39 Å². The van der Waals surface area contributed by atoms with E-state index in [9.17, 15) is 4.39 Å². The molecule has 0 amide bonds. The fourth-order valence-electron chi connectivity index (χ4n) is 2.55. The first kappa shape index (κ1) is 12.8. The third-order valence-corrected chi connectivity index (χ3v) is 4.01. The molecule has 0 radical (unpaired) electrons. The van der Waals surface area contributed by atoms with Crippen molar-refractivity contribution in [2.24, 2.45) is 5.92 Å². The van der Waals surface area contributed by atoms with Crippen LogP contribution in [-0.2, 0) is 6.54 Å². The quantitative estimate of drug-likeness (QED) is 0.852. The van der Waals surface area contributed by atoms with Crippen LogP contribution < -0.4 is 5.32 Å². The topological polar surface area (TPSA) is 12.0 Å². The zero-order valence-electron chi connectivity index (χ0n) is 10.2. The summed E-state index contributed by atoms with van der Waals surface area (Å²) in [5.41, 5.74) is 1.04. The molecular formula is C14H19ClFN. The van der Waals surface area contributed by atoms with Gasteiger partial charge in [0.05, 0.1) is 5.02 Å². The Morgan fingerprint density at radius 2 is 2.12 bits per heavy atom. The van der Waals surface area contributed by atoms with Crippen molar-refractivity contribution in [3.05, 3.63) is 34.6 Å². The predicted octanol–water partition coefficient (Wildman–Crippen LogP) is 4.15. The molecule has 0 spiro atoms. The second-order valence-corrected chi connectivity index (χ2v) is 5.37. The maximum absolute atomic E-state index is 13.0. The maximum Gasteiger partial charge on any atom is 0.141 e. The number of halogens is 2. The highest BCUT2D eigenvalue weighted by Crippen LogP contribution is 2.27. The lowest BCUT2D eigenvalue weighted by Crippen LogP contribution is -2.31. The molecule has 1 N–H and O–H groups in total. The first-order valence-corrected chi connectivity index (χ1v) is 6.72. The van der Waals surface area contributed by atoms with Gasteiger partial charge in [0.1, 0.15) is 5.82 Å². The van der Waals surface area contributed by atoms with E-state index in [2.05, 4.69) is 12.2 Å². The molecule has 1 atom stereocenters. The highest BCUT2D eigenvalue weighted by atomic mass is 35.5. The van der Waals surface area contributed by atoms with Crippen molar-refractivity contribution in [1.29, 1.82) is 0 Å². The minimum absolute atomic E-state index is 0.206. The number of rotatable bonds is 4. The van der Waals surface area contributed by atoms with Gasteiger partial charge < -0.3 is 5.32 Å². The minimum Gasteiger partial charge on any atom is -0.310 e. The molecule has 0 aliphatic heterocycles. The lowest BCUT2D eigenvalue weighted by Gasteiger charge is -2.20. The van der Waals surface area contributed by atoms with Crippen molar-refractivity contribution in [3.8, 4) is 0 Å². The highest BCUT2D eigenvalue weighted by Gasteiger charge is 2.20. The Labute approximate surface area is 107 Å². The van der Waals surface area contributed by atoms with Crippen LogP contribution >= 0.6 is 11.6 Å². The van der Waals surface area contributed by atoms with Gasteiger partial charge in [0.25, 0.3) is 0 Å². The molecule has 0 saturated heterocycles. The largest absolute Gasteiger partial charge is 0.310 e. The lowest BCUT2D eigenvalue weighted by atomic mass is 9.99. The molecule has 1 aliphatic rings. The minimum atomic E-state index is -0.348. The Morgan fingerprint density at radius 3 is 2.76 bits per heavy atom. The van der Waals surface area contributed by atoms with Crippen molar-refractivity contribution in [1.82, 2.24) is 5.32 Å². The fraction of sp³-hybridized carbons (Fsp3) is 0.571. The first-order valence-electron chi connectivity index (χ1n) is 6.34. The van der Waals surface area contributed by atoms with Crippen molar-refractivity contribution in [3.63, 3.8) is 0 Å². The van der Waals surface area contributed by atoms with Crippen molar-refractivity contribution >= 4 is 11.6 Å². The van der Waals surface area contributed by atoms with Crippen LogP contribution in [0, 0.1) is 11.7 Å². The summed E-state index contributed by atoms with van der Waals surface area (Å²) >= 11 is 5.75. The molecule has 1 nitrogen and oxygen atoms in total. The summed E-state index contributed by atoms with van der Waals surface area (Å²) in [5, 5.41) is 3.71. The van der Waals surface area contributed by atoms with Gasteiger partial charge in [0.15, 0.2) is 0 Å². The van der Waals surface area contributed by atoms with Gasteiger partial charge in [-0.1, -0.05) is 30.5 Å². The summed E-state index contributed by atoms with van der Waals surface area (Å²) in [6.07, 6.45) is 5.38. The summed E-state index contributed by atoms with van der Waals surface area (Å²) in [6, 6.07) is 5.45. The molecule has 1 aromatic carbocycles. The predicted molar refractivity (Wildman–Crippen MR) is 69.7 cm³/mol. The molecule has 1 aliphatic carbocycles. The van der Waals surface area contributed by atoms with E-state index in [0.717, 1.165) is 18.0 Å². The number of hydrogen-bond donors (Lipinski definition) is 1. The van der Waals surface area contributed by atoms with E-state index >= 15 is 0 Å². The Balaban J connectivity index is 1.86. The SMILES string of the molecule is C[C@@H](NCc1ccc(F)c(Cl)c1)C1CCCC1. The van der Waals surface area contributed by atoms with Crippen LogP contribution in [0.15, 0.2) is 18.2 Å². The number of hydrogen-bond acceptors (Lipinski definition) is 1. The van der Waals surface area contributed by atoms with Crippen LogP contribution in [0.1, 0.15) is 38.2 Å². The molecule has 0 heterocycles. The average Bonchev–Trinajstić information content (AvgIpc) is 2.84. The number of benzene rings is 1. The molecule has 94 valence electrons. The van der Waals surface area contributed by atoms with Gasteiger partial charge in [-0.05, 0) is 43.4 Å². The van der Waals surface area contributed by atoms with E-state index in [4.69, 9.17) is 11.6 Å². The van der Waals surface area contributed by atoms with Crippen LogP contribution in [0.3, 0.4) is 0 Å². The van der Waals surface area contributed by atoms with Crippen LogP contribution in [0.25, 0.3) is 0 Å². The van der Waals surface area contributed by atoms with Crippen LogP contribution in [-0.4, -0.2) is 6.04 Å². The molecule has 0 aromatic heterocycles. The van der Waals surface area contributed by atoms with Gasteiger partial charge in [-0.15, -0.1) is 0 Å². The normalized spacial score (nSPS) is 18.5. The van der Waals surface area contributed by atoms with Gasteiger partial charge in [0, 0.05) is 12.6 Å². The summed E-state index contributed by atoms with van der Waals surface area (Å²) in [6.45, 7) is 3.00. The Morgan fingerprint density at radius 1 is 1.41 bits per heavy atom. The summed E-state index contributed by atoms with van der Waals surface area (Å²) in [7, 11) is 0.